The Bertz CT molecular complexity index is 281. The molecule has 86 valence electrons. The Morgan fingerprint density at radius 3 is 2.73 bits per heavy atom. The molecule has 0 aliphatic carbocycles. The molecule has 3 heteroatoms. The van der Waals surface area contributed by atoms with Gasteiger partial charge in [-0.05, 0) is 25.3 Å². The van der Waals surface area contributed by atoms with Crippen molar-refractivity contribution in [3.05, 3.63) is 18.0 Å². The fraction of sp³-hybridized carbons (Fsp3) is 0.750. The molecule has 0 aromatic carbocycles. The van der Waals surface area contributed by atoms with Gasteiger partial charge < -0.3 is 4.74 Å². The maximum Gasteiger partial charge on any atom is 0.0910 e. The highest BCUT2D eigenvalue weighted by Crippen LogP contribution is 2.05. The van der Waals surface area contributed by atoms with Gasteiger partial charge in [0.15, 0.2) is 0 Å². The van der Waals surface area contributed by atoms with Crippen molar-refractivity contribution >= 4 is 0 Å². The third-order valence-corrected chi connectivity index (χ3v) is 2.34. The molecule has 0 N–H and O–H groups in total. The predicted molar refractivity (Wildman–Crippen MR) is 61.6 cm³/mol. The molecule has 0 bridgehead atoms. The van der Waals surface area contributed by atoms with E-state index in [0.29, 0.717) is 18.6 Å². The van der Waals surface area contributed by atoms with Gasteiger partial charge in [-0.2, -0.15) is 5.10 Å². The van der Waals surface area contributed by atoms with Gasteiger partial charge in [0.05, 0.1) is 18.4 Å². The topological polar surface area (TPSA) is 27.1 Å². The van der Waals surface area contributed by atoms with Crippen LogP contribution >= 0.6 is 0 Å². The summed E-state index contributed by atoms with van der Waals surface area (Å²) in [6, 6.07) is 2.03. The number of ether oxygens (including phenoxy) is 1. The van der Waals surface area contributed by atoms with Crippen LogP contribution in [-0.2, 0) is 17.9 Å². The fourth-order valence-electron chi connectivity index (χ4n) is 1.30. The van der Waals surface area contributed by atoms with E-state index in [0.717, 1.165) is 18.7 Å². The molecule has 1 rings (SSSR count). The molecule has 0 saturated heterocycles. The van der Waals surface area contributed by atoms with Crippen molar-refractivity contribution < 1.29 is 4.74 Å². The van der Waals surface area contributed by atoms with Crippen LogP contribution in [0.1, 0.15) is 39.8 Å². The average molecular weight is 210 g/mol. The van der Waals surface area contributed by atoms with Crippen molar-refractivity contribution in [3.63, 3.8) is 0 Å². The molecule has 0 unspecified atom stereocenters. The number of rotatable bonds is 6. The lowest BCUT2D eigenvalue weighted by atomic mass is 10.2. The molecule has 0 fully saturated rings. The first-order valence-corrected chi connectivity index (χ1v) is 5.75. The molecular formula is C12H22N2O. The third-order valence-electron chi connectivity index (χ3n) is 2.34. The lowest BCUT2D eigenvalue weighted by Crippen LogP contribution is -2.08. The lowest BCUT2D eigenvalue weighted by Gasteiger charge is -2.08. The molecular weight excluding hydrogens is 188 g/mol. The molecule has 0 spiro atoms. The Morgan fingerprint density at radius 2 is 2.13 bits per heavy atom. The van der Waals surface area contributed by atoms with Crippen LogP contribution in [-0.4, -0.2) is 15.9 Å². The van der Waals surface area contributed by atoms with Crippen molar-refractivity contribution in [2.45, 2.75) is 53.4 Å². The minimum atomic E-state index is 0.320. The third kappa shape index (κ3) is 4.47. The first kappa shape index (κ1) is 12.2. The zero-order chi connectivity index (χ0) is 11.3. The second-order valence-electron chi connectivity index (χ2n) is 4.45. The van der Waals surface area contributed by atoms with Crippen molar-refractivity contribution in [1.82, 2.24) is 9.78 Å². The quantitative estimate of drug-likeness (QED) is 0.722. The molecule has 0 radical (unpaired) electrons. The number of nitrogens with zero attached hydrogens (tertiary/aromatic N) is 2. The molecule has 0 saturated carbocycles. The molecule has 0 aliphatic heterocycles. The molecule has 0 amide bonds. The molecule has 1 aromatic heterocycles. The number of aromatic nitrogens is 2. The second-order valence-corrected chi connectivity index (χ2v) is 4.45. The Labute approximate surface area is 92.4 Å². The summed E-state index contributed by atoms with van der Waals surface area (Å²) in [5.74, 6) is 0.633. The van der Waals surface area contributed by atoms with Crippen molar-refractivity contribution in [2.75, 3.05) is 0 Å². The highest BCUT2D eigenvalue weighted by molar-refractivity contribution is 4.97. The van der Waals surface area contributed by atoms with Crippen LogP contribution < -0.4 is 0 Å². The van der Waals surface area contributed by atoms with Gasteiger partial charge in [0.25, 0.3) is 0 Å². The van der Waals surface area contributed by atoms with Crippen LogP contribution in [0, 0.1) is 5.92 Å². The molecule has 0 aliphatic rings. The monoisotopic (exact) mass is 210 g/mol. The van der Waals surface area contributed by atoms with Gasteiger partial charge in [-0.1, -0.05) is 20.8 Å². The first-order valence-electron chi connectivity index (χ1n) is 5.75. The van der Waals surface area contributed by atoms with E-state index in [1.165, 1.54) is 0 Å². The number of hydrogen-bond acceptors (Lipinski definition) is 2. The molecule has 1 aromatic rings. The lowest BCUT2D eigenvalue weighted by molar-refractivity contribution is 0.0485. The van der Waals surface area contributed by atoms with Gasteiger partial charge in [0.1, 0.15) is 0 Å². The van der Waals surface area contributed by atoms with E-state index in [1.54, 1.807) is 0 Å². The smallest absolute Gasteiger partial charge is 0.0910 e. The highest BCUT2D eigenvalue weighted by atomic mass is 16.5. The van der Waals surface area contributed by atoms with Crippen molar-refractivity contribution in [3.8, 4) is 0 Å². The van der Waals surface area contributed by atoms with E-state index in [4.69, 9.17) is 4.74 Å². The second kappa shape index (κ2) is 5.91. The molecule has 15 heavy (non-hydrogen) atoms. The first-order chi connectivity index (χ1) is 7.11. The minimum Gasteiger partial charge on any atom is -0.372 e. The van der Waals surface area contributed by atoms with E-state index in [-0.39, 0.29) is 0 Å². The normalized spacial score (nSPS) is 13.4. The summed E-state index contributed by atoms with van der Waals surface area (Å²) in [6.45, 7) is 10.2. The largest absolute Gasteiger partial charge is 0.372 e. The summed E-state index contributed by atoms with van der Waals surface area (Å²) in [4.78, 5) is 0. The average Bonchev–Trinajstić information content (AvgIpc) is 2.61. The SMILES string of the molecule is CC[C@@H](C)OCc1ccn(CC(C)C)n1. The van der Waals surface area contributed by atoms with Crippen LogP contribution in [0.25, 0.3) is 0 Å². The highest BCUT2D eigenvalue weighted by Gasteiger charge is 2.03. The van der Waals surface area contributed by atoms with Crippen LogP contribution in [0.2, 0.25) is 0 Å². The summed E-state index contributed by atoms with van der Waals surface area (Å²) in [5, 5.41) is 4.45. The van der Waals surface area contributed by atoms with Gasteiger partial charge in [-0.15, -0.1) is 0 Å². The Morgan fingerprint density at radius 1 is 1.40 bits per heavy atom. The molecule has 1 atom stereocenters. The van der Waals surface area contributed by atoms with Crippen LogP contribution in [0.5, 0.6) is 0 Å². The maximum absolute atomic E-state index is 5.62. The summed E-state index contributed by atoms with van der Waals surface area (Å²) in [5.41, 5.74) is 1.02. The Kier molecular flexibility index (Phi) is 4.82. The number of hydrogen-bond donors (Lipinski definition) is 0. The summed E-state index contributed by atoms with van der Waals surface area (Å²) in [7, 11) is 0. The summed E-state index contributed by atoms with van der Waals surface area (Å²) >= 11 is 0. The standard InChI is InChI=1S/C12H22N2O/c1-5-11(4)15-9-12-6-7-14(13-12)8-10(2)3/h6-7,10-11H,5,8-9H2,1-4H3/t11-/m1/s1. The van der Waals surface area contributed by atoms with Gasteiger partial charge in [-0.25, -0.2) is 0 Å². The summed E-state index contributed by atoms with van der Waals surface area (Å²) in [6.07, 6.45) is 3.39. The van der Waals surface area contributed by atoms with Crippen LogP contribution in [0.15, 0.2) is 12.3 Å². The van der Waals surface area contributed by atoms with Crippen molar-refractivity contribution in [2.24, 2.45) is 5.92 Å². The zero-order valence-electron chi connectivity index (χ0n) is 10.2. The van der Waals surface area contributed by atoms with Gasteiger partial charge >= 0.3 is 0 Å². The van der Waals surface area contributed by atoms with E-state index >= 15 is 0 Å². The van der Waals surface area contributed by atoms with Gasteiger partial charge in [0, 0.05) is 12.7 Å². The van der Waals surface area contributed by atoms with E-state index in [9.17, 15) is 0 Å². The van der Waals surface area contributed by atoms with Crippen LogP contribution in [0.3, 0.4) is 0 Å². The van der Waals surface area contributed by atoms with E-state index in [1.807, 2.05) is 16.9 Å². The summed E-state index contributed by atoms with van der Waals surface area (Å²) < 4.78 is 7.61. The maximum atomic E-state index is 5.62. The molecule has 1 heterocycles. The predicted octanol–water partition coefficient (Wildman–Crippen LogP) is 2.85. The Hall–Kier alpha value is -0.830. The Balaban J connectivity index is 2.39. The molecule has 3 nitrogen and oxygen atoms in total. The minimum absolute atomic E-state index is 0.320. The van der Waals surface area contributed by atoms with Gasteiger partial charge in [-0.3, -0.25) is 4.68 Å². The van der Waals surface area contributed by atoms with Gasteiger partial charge in [0.2, 0.25) is 0 Å². The zero-order valence-corrected chi connectivity index (χ0v) is 10.2. The van der Waals surface area contributed by atoms with E-state index in [2.05, 4.69) is 32.8 Å². The fourth-order valence-corrected chi connectivity index (χ4v) is 1.30. The van der Waals surface area contributed by atoms with Crippen molar-refractivity contribution in [1.29, 1.82) is 0 Å². The van der Waals surface area contributed by atoms with Crippen LogP contribution in [0.4, 0.5) is 0 Å². The van der Waals surface area contributed by atoms with E-state index < -0.39 is 0 Å².